The van der Waals surface area contributed by atoms with Crippen LogP contribution >= 0.6 is 0 Å². The Hall–Kier alpha value is -4.64. The molecule has 1 unspecified atom stereocenters. The molecule has 4 aliphatic rings. The van der Waals surface area contributed by atoms with Gasteiger partial charge in [0.05, 0.1) is 18.7 Å². The lowest BCUT2D eigenvalue weighted by Crippen LogP contribution is -2.50. The van der Waals surface area contributed by atoms with E-state index < -0.39 is 0 Å². The van der Waals surface area contributed by atoms with Crippen LogP contribution in [0.2, 0.25) is 0 Å². The van der Waals surface area contributed by atoms with Crippen molar-refractivity contribution in [3.05, 3.63) is 64.8 Å². The van der Waals surface area contributed by atoms with Crippen molar-refractivity contribution >= 4 is 34.3 Å². The van der Waals surface area contributed by atoms with E-state index in [9.17, 15) is 14.4 Å². The fourth-order valence-corrected chi connectivity index (χ4v) is 8.69. The third kappa shape index (κ3) is 6.76. The minimum Gasteiger partial charge on any atom is -0.496 e. The molecule has 4 aromatic rings. The number of methoxy groups -OCH3 is 1. The van der Waals surface area contributed by atoms with E-state index in [0.717, 1.165) is 117 Å². The van der Waals surface area contributed by atoms with Crippen LogP contribution in [-0.4, -0.2) is 95.6 Å². The maximum Gasteiger partial charge on any atom is 0.254 e. The van der Waals surface area contributed by atoms with Crippen LogP contribution in [0.15, 0.2) is 42.5 Å². The summed E-state index contributed by atoms with van der Waals surface area (Å²) in [6.07, 6.45) is 6.26. The number of H-pyrrole nitrogens is 2. The van der Waals surface area contributed by atoms with Gasteiger partial charge < -0.3 is 19.5 Å². The highest BCUT2D eigenvalue weighted by Gasteiger charge is 2.32. The van der Waals surface area contributed by atoms with Crippen molar-refractivity contribution in [1.82, 2.24) is 30.3 Å². The van der Waals surface area contributed by atoms with E-state index in [2.05, 4.69) is 57.2 Å². The summed E-state index contributed by atoms with van der Waals surface area (Å²) < 4.78 is 5.70. The first-order valence-corrected chi connectivity index (χ1v) is 18.6. The molecule has 5 heterocycles. The number of nitrogens with one attached hydrogen (secondary N) is 3. The summed E-state index contributed by atoms with van der Waals surface area (Å²) in [6.45, 7) is 10.9. The van der Waals surface area contributed by atoms with Gasteiger partial charge in [0.15, 0.2) is 0 Å². The summed E-state index contributed by atoms with van der Waals surface area (Å²) >= 11 is 0. The van der Waals surface area contributed by atoms with E-state index >= 15 is 0 Å². The molecule has 0 radical (unpaired) electrons. The highest BCUT2D eigenvalue weighted by atomic mass is 16.5. The standard InChI is InChI=1S/C40H49N7O4/c1-40(2)13-10-31-34(23-40)43-44-37(31)33-20-26-4-5-27(21-32(26)41-33)39(50)47-18-16-45(17-19-47)24-25-11-14-46(15-12-25)28-6-7-29(35(22-28)51-3)30-8-9-36(48)42-38(30)49/h4-7,20-22,25,30,41H,8-19,23-24H2,1-3H3,(H,43,44)(H,42,48,49). The molecule has 2 aromatic carbocycles. The van der Waals surface area contributed by atoms with Gasteiger partial charge in [-0.05, 0) is 74.1 Å². The van der Waals surface area contributed by atoms with E-state index in [4.69, 9.17) is 9.84 Å². The summed E-state index contributed by atoms with van der Waals surface area (Å²) in [5.41, 5.74) is 8.51. The first kappa shape index (κ1) is 33.5. The van der Waals surface area contributed by atoms with Crippen molar-refractivity contribution in [2.45, 2.75) is 64.7 Å². The lowest BCUT2D eigenvalue weighted by Gasteiger charge is -2.39. The number of imide groups is 1. The number of nitrogens with zero attached hydrogens (tertiary/aromatic N) is 4. The van der Waals surface area contributed by atoms with Crippen molar-refractivity contribution in [1.29, 1.82) is 0 Å². The summed E-state index contributed by atoms with van der Waals surface area (Å²) in [5.74, 6) is 0.589. The number of carbonyl (C=O) groups is 3. The number of rotatable bonds is 7. The molecule has 11 nitrogen and oxygen atoms in total. The molecule has 8 rings (SSSR count). The van der Waals surface area contributed by atoms with Gasteiger partial charge in [0.1, 0.15) is 11.4 Å². The van der Waals surface area contributed by atoms with E-state index in [0.29, 0.717) is 29.9 Å². The Bertz CT molecular complexity index is 1960. The number of ether oxygens (including phenoxy) is 1. The first-order valence-electron chi connectivity index (χ1n) is 18.6. The van der Waals surface area contributed by atoms with E-state index in [1.807, 2.05) is 29.2 Å². The lowest BCUT2D eigenvalue weighted by atomic mass is 9.76. The molecule has 3 N–H and O–H groups in total. The quantitative estimate of drug-likeness (QED) is 0.225. The highest BCUT2D eigenvalue weighted by molar-refractivity contribution is 6.01. The maximum absolute atomic E-state index is 13.6. The van der Waals surface area contributed by atoms with Gasteiger partial charge in [0.2, 0.25) is 11.8 Å². The summed E-state index contributed by atoms with van der Waals surface area (Å²) in [4.78, 5) is 48.2. The van der Waals surface area contributed by atoms with Crippen molar-refractivity contribution in [3.8, 4) is 17.1 Å². The molecule has 0 spiro atoms. The Morgan fingerprint density at radius 2 is 1.76 bits per heavy atom. The molecule has 3 fully saturated rings. The number of piperidine rings is 2. The summed E-state index contributed by atoms with van der Waals surface area (Å²) in [5, 5.41) is 11.5. The van der Waals surface area contributed by atoms with Gasteiger partial charge in [-0.15, -0.1) is 0 Å². The number of aromatic nitrogens is 3. The molecule has 11 heteroatoms. The molecule has 1 atom stereocenters. The van der Waals surface area contributed by atoms with Gasteiger partial charge in [-0.1, -0.05) is 26.0 Å². The number of aromatic amines is 2. The van der Waals surface area contributed by atoms with Crippen LogP contribution in [-0.2, 0) is 22.4 Å². The molecule has 3 saturated heterocycles. The highest BCUT2D eigenvalue weighted by Crippen LogP contribution is 2.39. The number of piperazine rings is 1. The second-order valence-electron chi connectivity index (χ2n) is 15.8. The monoisotopic (exact) mass is 691 g/mol. The van der Waals surface area contributed by atoms with E-state index in [-0.39, 0.29) is 23.6 Å². The molecule has 0 bridgehead atoms. The minimum atomic E-state index is -0.365. The van der Waals surface area contributed by atoms with Crippen molar-refractivity contribution in [2.24, 2.45) is 11.3 Å². The molecule has 1 aliphatic carbocycles. The average molecular weight is 692 g/mol. The number of carbonyl (C=O) groups excluding carboxylic acids is 3. The Kier molecular flexibility index (Phi) is 8.86. The average Bonchev–Trinajstić information content (AvgIpc) is 3.74. The van der Waals surface area contributed by atoms with E-state index in [1.54, 1.807) is 7.11 Å². The van der Waals surface area contributed by atoms with Crippen LogP contribution in [0.5, 0.6) is 5.75 Å². The van der Waals surface area contributed by atoms with Gasteiger partial charge in [-0.3, -0.25) is 29.7 Å². The Labute approximate surface area is 299 Å². The zero-order valence-electron chi connectivity index (χ0n) is 30.0. The van der Waals surface area contributed by atoms with Crippen LogP contribution in [0.25, 0.3) is 22.3 Å². The van der Waals surface area contributed by atoms with Gasteiger partial charge in [0.25, 0.3) is 5.91 Å². The molecule has 3 amide bonds. The van der Waals surface area contributed by atoms with E-state index in [1.165, 1.54) is 11.3 Å². The molecular weight excluding hydrogens is 642 g/mol. The fraction of sp³-hybridized carbons (Fsp3) is 0.500. The van der Waals surface area contributed by atoms with Crippen molar-refractivity contribution < 1.29 is 19.1 Å². The Morgan fingerprint density at radius 3 is 2.53 bits per heavy atom. The predicted molar refractivity (Wildman–Crippen MR) is 197 cm³/mol. The number of anilines is 1. The Balaban J connectivity index is 0.832. The molecule has 2 aromatic heterocycles. The normalized spacial score (nSPS) is 21.5. The van der Waals surface area contributed by atoms with Crippen molar-refractivity contribution in [3.63, 3.8) is 0 Å². The van der Waals surface area contributed by atoms with Gasteiger partial charge >= 0.3 is 0 Å². The molecule has 268 valence electrons. The van der Waals surface area contributed by atoms with Crippen LogP contribution in [0.3, 0.4) is 0 Å². The third-order valence-corrected chi connectivity index (χ3v) is 11.8. The second-order valence-corrected chi connectivity index (χ2v) is 15.8. The number of benzene rings is 2. The number of fused-ring (bicyclic) bond motifs is 2. The topological polar surface area (TPSA) is 127 Å². The van der Waals surface area contributed by atoms with Crippen molar-refractivity contribution in [2.75, 3.05) is 57.8 Å². The fourth-order valence-electron chi connectivity index (χ4n) is 8.69. The number of hydrogen-bond donors (Lipinski definition) is 3. The van der Waals surface area contributed by atoms with Crippen LogP contribution in [0.1, 0.15) is 79.0 Å². The maximum atomic E-state index is 13.6. The summed E-state index contributed by atoms with van der Waals surface area (Å²) in [6, 6.07) is 14.3. The molecule has 3 aliphatic heterocycles. The minimum absolute atomic E-state index is 0.0967. The van der Waals surface area contributed by atoms with Gasteiger partial charge in [-0.25, -0.2) is 0 Å². The predicted octanol–water partition coefficient (Wildman–Crippen LogP) is 5.28. The molecular formula is C40H49N7O4. The number of amides is 3. The SMILES string of the molecule is COc1cc(N2CCC(CN3CCN(C(=O)c4ccc5cc(-c6n[nH]c7c6CCC(C)(C)C7)[nH]c5c4)CC3)CC2)ccc1C1CCC(=O)NC1=O. The third-order valence-electron chi connectivity index (χ3n) is 11.8. The largest absolute Gasteiger partial charge is 0.496 e. The van der Waals surface area contributed by atoms with Gasteiger partial charge in [-0.2, -0.15) is 5.10 Å². The zero-order valence-corrected chi connectivity index (χ0v) is 30.0. The lowest BCUT2D eigenvalue weighted by molar-refractivity contribution is -0.134. The smallest absolute Gasteiger partial charge is 0.254 e. The first-order chi connectivity index (χ1) is 24.6. The second kappa shape index (κ2) is 13.5. The molecule has 51 heavy (non-hydrogen) atoms. The van der Waals surface area contributed by atoms with Crippen LogP contribution in [0, 0.1) is 11.3 Å². The Morgan fingerprint density at radius 1 is 0.961 bits per heavy atom. The van der Waals surface area contributed by atoms with Gasteiger partial charge in [0, 0.05) is 97.3 Å². The zero-order chi connectivity index (χ0) is 35.3. The number of hydrogen-bond acceptors (Lipinski definition) is 7. The van der Waals surface area contributed by atoms with Crippen LogP contribution in [0.4, 0.5) is 5.69 Å². The summed E-state index contributed by atoms with van der Waals surface area (Å²) in [7, 11) is 1.64. The van der Waals surface area contributed by atoms with Crippen LogP contribution < -0.4 is 15.0 Å². The molecule has 0 saturated carbocycles.